The van der Waals surface area contributed by atoms with Gasteiger partial charge in [0.15, 0.2) is 0 Å². The summed E-state index contributed by atoms with van der Waals surface area (Å²) in [6.07, 6.45) is 4.83. The van der Waals surface area contributed by atoms with Gasteiger partial charge in [0.1, 0.15) is 6.04 Å². The predicted octanol–water partition coefficient (Wildman–Crippen LogP) is 4.14. The number of benzene rings is 2. The fourth-order valence-corrected chi connectivity index (χ4v) is 5.93. The van der Waals surface area contributed by atoms with Crippen molar-refractivity contribution in [3.05, 3.63) is 64.8 Å². The third kappa shape index (κ3) is 4.62. The molecule has 0 aliphatic carbocycles. The number of nitrogens with zero attached hydrogens (tertiary/aromatic N) is 3. The molecule has 2 aromatic carbocycles. The second-order valence-electron chi connectivity index (χ2n) is 8.15. The largest absolute Gasteiger partial charge is 0.347 e. The van der Waals surface area contributed by atoms with Crippen molar-refractivity contribution in [2.75, 3.05) is 11.9 Å². The molecule has 0 radical (unpaired) electrons. The molecule has 9 nitrogen and oxygen atoms in total. The van der Waals surface area contributed by atoms with Crippen LogP contribution in [-0.2, 0) is 21.4 Å². The zero-order valence-corrected chi connectivity index (χ0v) is 19.1. The molecular weight excluding hydrogens is 444 g/mol. The summed E-state index contributed by atoms with van der Waals surface area (Å²) in [6.45, 7) is 3.24. The average Bonchev–Trinajstić information content (AvgIpc) is 3.21. The van der Waals surface area contributed by atoms with E-state index in [-0.39, 0.29) is 23.0 Å². The summed E-state index contributed by atoms with van der Waals surface area (Å²) in [5.41, 5.74) is 1.50. The van der Waals surface area contributed by atoms with E-state index in [1.807, 2.05) is 30.5 Å². The van der Waals surface area contributed by atoms with Crippen molar-refractivity contribution in [1.29, 1.82) is 0 Å². The molecule has 10 heteroatoms. The molecule has 2 heterocycles. The van der Waals surface area contributed by atoms with Crippen LogP contribution in [0.25, 0.3) is 10.9 Å². The lowest BCUT2D eigenvalue weighted by Crippen LogP contribution is -2.49. The molecule has 1 aromatic heterocycles. The Balaban J connectivity index is 1.55. The number of carbonyl (C=O) groups excluding carboxylic acids is 1. The van der Waals surface area contributed by atoms with Crippen molar-refractivity contribution in [2.24, 2.45) is 0 Å². The van der Waals surface area contributed by atoms with Crippen LogP contribution in [0.5, 0.6) is 0 Å². The lowest BCUT2D eigenvalue weighted by molar-refractivity contribution is -0.384. The van der Waals surface area contributed by atoms with Crippen molar-refractivity contribution in [1.82, 2.24) is 8.87 Å². The van der Waals surface area contributed by atoms with Gasteiger partial charge in [-0.3, -0.25) is 14.9 Å². The predicted molar refractivity (Wildman–Crippen MR) is 125 cm³/mol. The average molecular weight is 471 g/mol. The smallest absolute Gasteiger partial charge is 0.269 e. The molecule has 1 atom stereocenters. The molecule has 174 valence electrons. The number of piperidine rings is 1. The molecule has 33 heavy (non-hydrogen) atoms. The van der Waals surface area contributed by atoms with E-state index < -0.39 is 21.0 Å². The number of aryl methyl sites for hydroxylation is 1. The number of rotatable bonds is 7. The van der Waals surface area contributed by atoms with Crippen LogP contribution in [0.4, 0.5) is 11.4 Å². The second-order valence-corrected chi connectivity index (χ2v) is 10.0. The van der Waals surface area contributed by atoms with Gasteiger partial charge in [0.2, 0.25) is 15.9 Å². The number of hydrogen-bond acceptors (Lipinski definition) is 5. The van der Waals surface area contributed by atoms with Crippen LogP contribution < -0.4 is 5.32 Å². The summed E-state index contributed by atoms with van der Waals surface area (Å²) >= 11 is 0. The highest BCUT2D eigenvalue weighted by molar-refractivity contribution is 7.89. The normalized spacial score (nSPS) is 17.2. The number of non-ortho nitro benzene ring substituents is 1. The number of carbonyl (C=O) groups is 1. The standard InChI is InChI=1S/C23H26N4O5S/c1-2-13-25-15-12-17-16-18(6-11-21(17)25)24-23(28)22-5-3-4-14-26(22)33(31,32)20-9-7-19(8-10-20)27(29)30/h6-12,15-16,22H,2-5,13-14H2,1H3,(H,24,28). The van der Waals surface area contributed by atoms with E-state index in [4.69, 9.17) is 0 Å². The van der Waals surface area contributed by atoms with E-state index in [9.17, 15) is 23.3 Å². The van der Waals surface area contributed by atoms with Crippen LogP contribution in [0.1, 0.15) is 32.6 Å². The second kappa shape index (κ2) is 9.32. The summed E-state index contributed by atoms with van der Waals surface area (Å²) in [5, 5.41) is 14.8. The van der Waals surface area contributed by atoms with Gasteiger partial charge in [-0.2, -0.15) is 4.31 Å². The molecular formula is C23H26N4O5S. The van der Waals surface area contributed by atoms with E-state index in [0.29, 0.717) is 18.5 Å². The van der Waals surface area contributed by atoms with Gasteiger partial charge in [-0.15, -0.1) is 0 Å². The van der Waals surface area contributed by atoms with Gasteiger partial charge < -0.3 is 9.88 Å². The summed E-state index contributed by atoms with van der Waals surface area (Å²) in [6, 6.07) is 11.6. The minimum absolute atomic E-state index is 0.0634. The molecule has 1 aliphatic heterocycles. The van der Waals surface area contributed by atoms with Crippen LogP contribution in [0.3, 0.4) is 0 Å². The number of nitrogens with one attached hydrogen (secondary N) is 1. The maximum Gasteiger partial charge on any atom is 0.269 e. The molecule has 0 spiro atoms. The Bertz CT molecular complexity index is 1280. The summed E-state index contributed by atoms with van der Waals surface area (Å²) in [4.78, 5) is 23.4. The number of aromatic nitrogens is 1. The molecule has 0 saturated carbocycles. The Morgan fingerprint density at radius 2 is 1.91 bits per heavy atom. The van der Waals surface area contributed by atoms with Gasteiger partial charge in [-0.05, 0) is 55.7 Å². The zero-order valence-electron chi connectivity index (χ0n) is 18.3. The van der Waals surface area contributed by atoms with Gasteiger partial charge in [0.05, 0.1) is 9.82 Å². The Hall–Kier alpha value is -3.24. The first-order valence-corrected chi connectivity index (χ1v) is 12.4. The van der Waals surface area contributed by atoms with Crippen molar-refractivity contribution < 1.29 is 18.1 Å². The van der Waals surface area contributed by atoms with Crippen molar-refractivity contribution in [3.8, 4) is 0 Å². The van der Waals surface area contributed by atoms with Crippen LogP contribution in [0.15, 0.2) is 59.6 Å². The number of amides is 1. The molecule has 3 aromatic rings. The molecule has 1 fully saturated rings. The Labute approximate surface area is 192 Å². The minimum atomic E-state index is -3.98. The number of hydrogen-bond donors (Lipinski definition) is 1. The number of nitro benzene ring substituents is 1. The quantitative estimate of drug-likeness (QED) is 0.412. The topological polar surface area (TPSA) is 115 Å². The minimum Gasteiger partial charge on any atom is -0.347 e. The molecule has 1 aliphatic rings. The molecule has 4 rings (SSSR count). The maximum absolute atomic E-state index is 13.2. The lowest BCUT2D eigenvalue weighted by atomic mass is 10.0. The van der Waals surface area contributed by atoms with E-state index in [2.05, 4.69) is 16.8 Å². The first-order valence-electron chi connectivity index (χ1n) is 11.0. The van der Waals surface area contributed by atoms with Gasteiger partial charge in [0, 0.05) is 48.0 Å². The summed E-state index contributed by atoms with van der Waals surface area (Å²) in [5.74, 6) is -0.382. The molecule has 1 saturated heterocycles. The van der Waals surface area contributed by atoms with Crippen LogP contribution in [0.2, 0.25) is 0 Å². The fraction of sp³-hybridized carbons (Fsp3) is 0.348. The van der Waals surface area contributed by atoms with E-state index in [1.165, 1.54) is 16.4 Å². The number of fused-ring (bicyclic) bond motifs is 1. The lowest BCUT2D eigenvalue weighted by Gasteiger charge is -2.33. The van der Waals surface area contributed by atoms with Crippen LogP contribution in [-0.4, -0.2) is 40.7 Å². The first-order chi connectivity index (χ1) is 15.8. The molecule has 0 bridgehead atoms. The summed E-state index contributed by atoms with van der Waals surface area (Å²) < 4.78 is 29.9. The van der Waals surface area contributed by atoms with Gasteiger partial charge in [0.25, 0.3) is 5.69 Å². The SMILES string of the molecule is CCCn1ccc2cc(NC(=O)C3CCCCN3S(=O)(=O)c3ccc([N+](=O)[O-])cc3)ccc21. The third-order valence-corrected chi connectivity index (χ3v) is 7.84. The highest BCUT2D eigenvalue weighted by Gasteiger charge is 2.37. The highest BCUT2D eigenvalue weighted by Crippen LogP contribution is 2.28. The van der Waals surface area contributed by atoms with Crippen molar-refractivity contribution >= 4 is 38.2 Å². The van der Waals surface area contributed by atoms with Crippen LogP contribution in [0, 0.1) is 10.1 Å². The Morgan fingerprint density at radius 3 is 2.61 bits per heavy atom. The molecule has 1 unspecified atom stereocenters. The number of sulfonamides is 1. The molecule has 1 amide bonds. The van der Waals surface area contributed by atoms with Gasteiger partial charge in [-0.1, -0.05) is 13.3 Å². The third-order valence-electron chi connectivity index (χ3n) is 5.91. The van der Waals surface area contributed by atoms with Crippen molar-refractivity contribution in [2.45, 2.75) is 50.1 Å². The van der Waals surface area contributed by atoms with Gasteiger partial charge >= 0.3 is 0 Å². The fourth-order valence-electron chi connectivity index (χ4n) is 4.27. The maximum atomic E-state index is 13.2. The Kier molecular flexibility index (Phi) is 6.48. The van der Waals surface area contributed by atoms with E-state index in [0.717, 1.165) is 42.4 Å². The molecule has 1 N–H and O–H groups in total. The van der Waals surface area contributed by atoms with E-state index in [1.54, 1.807) is 0 Å². The monoisotopic (exact) mass is 470 g/mol. The van der Waals surface area contributed by atoms with Crippen LogP contribution >= 0.6 is 0 Å². The zero-order chi connectivity index (χ0) is 23.6. The Morgan fingerprint density at radius 1 is 1.15 bits per heavy atom. The first kappa shape index (κ1) is 22.9. The number of anilines is 1. The summed E-state index contributed by atoms with van der Waals surface area (Å²) in [7, 11) is -3.98. The van der Waals surface area contributed by atoms with Gasteiger partial charge in [-0.25, -0.2) is 8.42 Å². The highest BCUT2D eigenvalue weighted by atomic mass is 32.2. The van der Waals surface area contributed by atoms with Crippen molar-refractivity contribution in [3.63, 3.8) is 0 Å². The van der Waals surface area contributed by atoms with E-state index >= 15 is 0 Å². The number of nitro groups is 1.